The Morgan fingerprint density at radius 2 is 2.10 bits per heavy atom. The largest absolute Gasteiger partial charge is 0.491 e. The molecular weight excluding hydrogens is 262 g/mol. The van der Waals surface area contributed by atoms with Crippen LogP contribution >= 0.6 is 0 Å². The van der Waals surface area contributed by atoms with Gasteiger partial charge in [-0.15, -0.1) is 0 Å². The molecule has 1 fully saturated rings. The molecule has 1 aromatic carbocycles. The van der Waals surface area contributed by atoms with Gasteiger partial charge in [-0.25, -0.2) is 0 Å². The summed E-state index contributed by atoms with van der Waals surface area (Å²) >= 11 is 0. The van der Waals surface area contributed by atoms with Gasteiger partial charge in [0.2, 0.25) is 0 Å². The first kappa shape index (κ1) is 16.3. The average molecular weight is 291 g/mol. The molecule has 0 radical (unpaired) electrons. The van der Waals surface area contributed by atoms with Gasteiger partial charge in [-0.1, -0.05) is 31.9 Å². The lowest BCUT2D eigenvalue weighted by Gasteiger charge is -2.22. The Labute approximate surface area is 128 Å². The van der Waals surface area contributed by atoms with E-state index in [1.54, 1.807) is 0 Å². The summed E-state index contributed by atoms with van der Waals surface area (Å²) in [7, 11) is 0. The van der Waals surface area contributed by atoms with Crippen molar-refractivity contribution in [2.75, 3.05) is 13.2 Å². The average Bonchev–Trinajstić information content (AvgIpc) is 3.05. The number of hydrogen-bond acceptors (Lipinski definition) is 3. The van der Waals surface area contributed by atoms with E-state index in [0.29, 0.717) is 19.2 Å². The highest BCUT2D eigenvalue weighted by atomic mass is 16.5. The van der Waals surface area contributed by atoms with Crippen LogP contribution in [0.3, 0.4) is 0 Å². The fraction of sp³-hybridized carbons (Fsp3) is 0.667. The van der Waals surface area contributed by atoms with Crippen molar-refractivity contribution < 1.29 is 9.84 Å². The molecule has 1 saturated carbocycles. The summed E-state index contributed by atoms with van der Waals surface area (Å²) < 4.78 is 5.68. The summed E-state index contributed by atoms with van der Waals surface area (Å²) in [5.74, 6) is 1.62. The number of aryl methyl sites for hydroxylation is 1. The fourth-order valence-corrected chi connectivity index (χ4v) is 3.05. The zero-order chi connectivity index (χ0) is 15.1. The van der Waals surface area contributed by atoms with Crippen LogP contribution in [0, 0.1) is 5.92 Å². The number of benzene rings is 1. The zero-order valence-electron chi connectivity index (χ0n) is 13.3. The minimum absolute atomic E-state index is 0.345. The maximum absolute atomic E-state index is 10.0. The molecule has 3 heteroatoms. The molecule has 0 saturated heterocycles. The predicted molar refractivity (Wildman–Crippen MR) is 86.7 cm³/mol. The molecule has 0 spiro atoms. The number of rotatable bonds is 8. The van der Waals surface area contributed by atoms with Crippen molar-refractivity contribution >= 4 is 0 Å². The van der Waals surface area contributed by atoms with Gasteiger partial charge in [-0.05, 0) is 49.8 Å². The first-order valence-electron chi connectivity index (χ1n) is 8.32. The summed E-state index contributed by atoms with van der Waals surface area (Å²) in [5, 5.41) is 13.5. The third-order valence-electron chi connectivity index (χ3n) is 4.53. The van der Waals surface area contributed by atoms with Crippen LogP contribution in [0.5, 0.6) is 5.75 Å². The van der Waals surface area contributed by atoms with E-state index < -0.39 is 6.10 Å². The van der Waals surface area contributed by atoms with E-state index >= 15 is 0 Å². The lowest BCUT2D eigenvalue weighted by molar-refractivity contribution is 0.102. The Hall–Kier alpha value is -1.06. The standard InChI is InChI=1S/C18H29NO2/c1-3-15-7-6-10-18(11-15)21-13-17(20)12-19-14(2)16-8-4-5-9-16/h6-7,10-11,14,16-17,19-20H,3-5,8-9,12-13H2,1-2H3/t14-,17?/m0/s1. The van der Waals surface area contributed by atoms with Crippen LogP contribution in [-0.4, -0.2) is 30.4 Å². The zero-order valence-corrected chi connectivity index (χ0v) is 13.3. The van der Waals surface area contributed by atoms with Crippen molar-refractivity contribution in [2.24, 2.45) is 5.92 Å². The van der Waals surface area contributed by atoms with Crippen LogP contribution < -0.4 is 10.1 Å². The molecule has 2 rings (SSSR count). The Kier molecular flexibility index (Phi) is 6.52. The lowest BCUT2D eigenvalue weighted by Crippen LogP contribution is -2.39. The molecule has 1 aromatic rings. The number of hydrogen-bond donors (Lipinski definition) is 2. The normalized spacial score (nSPS) is 18.6. The first-order chi connectivity index (χ1) is 10.2. The Morgan fingerprint density at radius 1 is 1.33 bits per heavy atom. The molecule has 1 aliphatic rings. The van der Waals surface area contributed by atoms with E-state index in [0.717, 1.165) is 18.1 Å². The summed E-state index contributed by atoms with van der Waals surface area (Å²) in [6, 6.07) is 8.57. The highest BCUT2D eigenvalue weighted by Crippen LogP contribution is 2.27. The van der Waals surface area contributed by atoms with Gasteiger partial charge < -0.3 is 15.2 Å². The number of aliphatic hydroxyl groups excluding tert-OH is 1. The van der Waals surface area contributed by atoms with Crippen LogP contribution in [-0.2, 0) is 6.42 Å². The molecule has 0 heterocycles. The predicted octanol–water partition coefficient (Wildman–Crippen LogP) is 3.16. The smallest absolute Gasteiger partial charge is 0.119 e. The van der Waals surface area contributed by atoms with E-state index in [2.05, 4.69) is 25.2 Å². The van der Waals surface area contributed by atoms with Gasteiger partial charge in [-0.2, -0.15) is 0 Å². The molecule has 2 N–H and O–H groups in total. The van der Waals surface area contributed by atoms with E-state index in [1.165, 1.54) is 31.2 Å². The second kappa shape index (κ2) is 8.40. The monoisotopic (exact) mass is 291 g/mol. The molecule has 118 valence electrons. The second-order valence-corrected chi connectivity index (χ2v) is 6.21. The van der Waals surface area contributed by atoms with Gasteiger partial charge in [-0.3, -0.25) is 0 Å². The van der Waals surface area contributed by atoms with Crippen LogP contribution in [0.1, 0.15) is 45.1 Å². The van der Waals surface area contributed by atoms with Crippen molar-refractivity contribution in [3.63, 3.8) is 0 Å². The topological polar surface area (TPSA) is 41.5 Å². The fourth-order valence-electron chi connectivity index (χ4n) is 3.05. The summed E-state index contributed by atoms with van der Waals surface area (Å²) in [5.41, 5.74) is 1.26. The summed E-state index contributed by atoms with van der Waals surface area (Å²) in [4.78, 5) is 0. The van der Waals surface area contributed by atoms with Gasteiger partial charge in [0.25, 0.3) is 0 Å². The van der Waals surface area contributed by atoms with Gasteiger partial charge in [0.15, 0.2) is 0 Å². The highest BCUT2D eigenvalue weighted by Gasteiger charge is 2.21. The maximum atomic E-state index is 10.0. The summed E-state index contributed by atoms with van der Waals surface area (Å²) in [6.45, 7) is 5.30. The molecule has 3 nitrogen and oxygen atoms in total. The number of aliphatic hydroxyl groups is 1. The molecule has 21 heavy (non-hydrogen) atoms. The van der Waals surface area contributed by atoms with Crippen molar-refractivity contribution in [1.82, 2.24) is 5.32 Å². The van der Waals surface area contributed by atoms with Gasteiger partial charge in [0.1, 0.15) is 18.5 Å². The minimum Gasteiger partial charge on any atom is -0.491 e. The Balaban J connectivity index is 1.67. The van der Waals surface area contributed by atoms with Crippen LogP contribution in [0.15, 0.2) is 24.3 Å². The van der Waals surface area contributed by atoms with Gasteiger partial charge in [0.05, 0.1) is 0 Å². The van der Waals surface area contributed by atoms with Crippen molar-refractivity contribution in [1.29, 1.82) is 0 Å². The molecule has 0 bridgehead atoms. The molecule has 0 aliphatic heterocycles. The van der Waals surface area contributed by atoms with Crippen molar-refractivity contribution in [2.45, 2.75) is 58.1 Å². The molecule has 1 aliphatic carbocycles. The van der Waals surface area contributed by atoms with Gasteiger partial charge >= 0.3 is 0 Å². The minimum atomic E-state index is -0.459. The third kappa shape index (κ3) is 5.33. The molecule has 1 unspecified atom stereocenters. The highest BCUT2D eigenvalue weighted by molar-refractivity contribution is 5.28. The first-order valence-corrected chi connectivity index (χ1v) is 8.32. The number of ether oxygens (including phenoxy) is 1. The second-order valence-electron chi connectivity index (χ2n) is 6.21. The quantitative estimate of drug-likeness (QED) is 0.773. The lowest BCUT2D eigenvalue weighted by atomic mass is 10.00. The van der Waals surface area contributed by atoms with Crippen molar-refractivity contribution in [3.8, 4) is 5.75 Å². The molecular formula is C18H29NO2. The number of nitrogens with one attached hydrogen (secondary N) is 1. The van der Waals surface area contributed by atoms with Crippen LogP contribution in [0.25, 0.3) is 0 Å². The summed E-state index contributed by atoms with van der Waals surface area (Å²) in [6.07, 6.45) is 5.90. The van der Waals surface area contributed by atoms with E-state index in [-0.39, 0.29) is 0 Å². The molecule has 0 amide bonds. The van der Waals surface area contributed by atoms with Crippen LogP contribution in [0.4, 0.5) is 0 Å². The van der Waals surface area contributed by atoms with E-state index in [9.17, 15) is 5.11 Å². The SMILES string of the molecule is CCc1cccc(OCC(O)CN[C@@H](C)C2CCCC2)c1. The van der Waals surface area contributed by atoms with Crippen molar-refractivity contribution in [3.05, 3.63) is 29.8 Å². The maximum Gasteiger partial charge on any atom is 0.119 e. The van der Waals surface area contributed by atoms with E-state index in [4.69, 9.17) is 4.74 Å². The molecule has 0 aromatic heterocycles. The molecule has 2 atom stereocenters. The van der Waals surface area contributed by atoms with Gasteiger partial charge in [0, 0.05) is 12.6 Å². The Bertz CT molecular complexity index is 415. The third-order valence-corrected chi connectivity index (χ3v) is 4.53. The van der Waals surface area contributed by atoms with Crippen LogP contribution in [0.2, 0.25) is 0 Å². The Morgan fingerprint density at radius 3 is 2.81 bits per heavy atom. The van der Waals surface area contributed by atoms with E-state index in [1.807, 2.05) is 18.2 Å².